The Hall–Kier alpha value is -1.54. The van der Waals surface area contributed by atoms with E-state index in [-0.39, 0.29) is 0 Å². The van der Waals surface area contributed by atoms with E-state index in [0.29, 0.717) is 0 Å². The summed E-state index contributed by atoms with van der Waals surface area (Å²) in [6.45, 7) is 0.777. The second-order valence-corrected chi connectivity index (χ2v) is 4.62. The van der Waals surface area contributed by atoms with Crippen molar-refractivity contribution in [2.24, 2.45) is 0 Å². The lowest BCUT2D eigenvalue weighted by molar-refractivity contribution is 0.497. The molecule has 1 aliphatic carbocycles. The number of nitrogens with one attached hydrogen (secondary N) is 1. The molecule has 0 unspecified atom stereocenters. The predicted molar refractivity (Wildman–Crippen MR) is 68.9 cm³/mol. The molecule has 1 heterocycles. The number of rotatable bonds is 3. The van der Waals surface area contributed by atoms with E-state index in [0.717, 1.165) is 12.3 Å². The van der Waals surface area contributed by atoms with Crippen LogP contribution in [0.3, 0.4) is 0 Å². The maximum atomic E-state index is 5.52. The molecule has 1 aromatic carbocycles. The van der Waals surface area contributed by atoms with Crippen LogP contribution in [-0.2, 0) is 19.4 Å². The highest BCUT2D eigenvalue weighted by atomic mass is 16.3. The van der Waals surface area contributed by atoms with Gasteiger partial charge in [-0.2, -0.15) is 0 Å². The molecule has 0 spiro atoms. The summed E-state index contributed by atoms with van der Waals surface area (Å²) < 4.78 is 5.52. The Kier molecular flexibility index (Phi) is 2.73. The van der Waals surface area contributed by atoms with Gasteiger partial charge in [-0.25, -0.2) is 0 Å². The lowest BCUT2D eigenvalue weighted by Gasteiger charge is -2.05. The summed E-state index contributed by atoms with van der Waals surface area (Å²) in [6, 6.07) is 8.87. The van der Waals surface area contributed by atoms with E-state index in [9.17, 15) is 0 Å². The van der Waals surface area contributed by atoms with Gasteiger partial charge >= 0.3 is 0 Å². The zero-order valence-corrected chi connectivity index (χ0v) is 10.1. The molecule has 2 aromatic rings. The highest BCUT2D eigenvalue weighted by Gasteiger charge is 2.13. The Morgan fingerprint density at radius 2 is 2.06 bits per heavy atom. The molecule has 1 aliphatic rings. The standard InChI is InChI=1S/C15H17NO/c1-16-10-15-14(7-8-17-15)13-6-5-11-3-2-4-12(11)9-13/h5-9,16H,2-4,10H2,1H3. The molecular formula is C15H17NO. The van der Waals surface area contributed by atoms with Crippen LogP contribution in [-0.4, -0.2) is 7.05 Å². The molecule has 0 saturated carbocycles. The van der Waals surface area contributed by atoms with Crippen LogP contribution in [0.25, 0.3) is 11.1 Å². The molecule has 2 nitrogen and oxygen atoms in total. The van der Waals surface area contributed by atoms with Crippen LogP contribution in [0.15, 0.2) is 34.9 Å². The van der Waals surface area contributed by atoms with Crippen molar-refractivity contribution in [3.05, 3.63) is 47.4 Å². The zero-order chi connectivity index (χ0) is 11.7. The van der Waals surface area contributed by atoms with Crippen LogP contribution >= 0.6 is 0 Å². The summed E-state index contributed by atoms with van der Waals surface area (Å²) in [6.07, 6.45) is 5.54. The van der Waals surface area contributed by atoms with E-state index >= 15 is 0 Å². The van der Waals surface area contributed by atoms with Crippen molar-refractivity contribution in [1.82, 2.24) is 5.32 Å². The molecule has 0 amide bonds. The largest absolute Gasteiger partial charge is 0.467 e. The Bertz CT molecular complexity index is 527. The van der Waals surface area contributed by atoms with Gasteiger partial charge in [0, 0.05) is 5.56 Å². The molecule has 88 valence electrons. The molecule has 1 aromatic heterocycles. The van der Waals surface area contributed by atoms with Gasteiger partial charge in [-0.3, -0.25) is 0 Å². The molecule has 3 rings (SSSR count). The number of benzene rings is 1. The minimum absolute atomic E-state index is 0.777. The van der Waals surface area contributed by atoms with Crippen molar-refractivity contribution in [2.45, 2.75) is 25.8 Å². The maximum absolute atomic E-state index is 5.52. The SMILES string of the molecule is CNCc1occc1-c1ccc2c(c1)CCC2. The number of hydrogen-bond acceptors (Lipinski definition) is 2. The third kappa shape index (κ3) is 1.89. The third-order valence-corrected chi connectivity index (χ3v) is 3.49. The first kappa shape index (κ1) is 10.6. The van der Waals surface area contributed by atoms with E-state index < -0.39 is 0 Å². The van der Waals surface area contributed by atoms with E-state index in [4.69, 9.17) is 4.42 Å². The normalized spacial score (nSPS) is 13.9. The van der Waals surface area contributed by atoms with Gasteiger partial charge in [0.15, 0.2) is 0 Å². The Morgan fingerprint density at radius 1 is 1.18 bits per heavy atom. The first-order valence-electron chi connectivity index (χ1n) is 6.21. The number of fused-ring (bicyclic) bond motifs is 1. The third-order valence-electron chi connectivity index (χ3n) is 3.49. The van der Waals surface area contributed by atoms with Crippen molar-refractivity contribution in [3.8, 4) is 11.1 Å². The van der Waals surface area contributed by atoms with E-state index in [1.165, 1.54) is 41.5 Å². The minimum Gasteiger partial charge on any atom is -0.467 e. The highest BCUT2D eigenvalue weighted by molar-refractivity contribution is 5.67. The van der Waals surface area contributed by atoms with Gasteiger partial charge in [-0.05, 0) is 49.1 Å². The van der Waals surface area contributed by atoms with Gasteiger partial charge in [0.05, 0.1) is 12.8 Å². The maximum Gasteiger partial charge on any atom is 0.125 e. The predicted octanol–water partition coefficient (Wildman–Crippen LogP) is 3.15. The molecule has 17 heavy (non-hydrogen) atoms. The fraction of sp³-hybridized carbons (Fsp3) is 0.333. The molecule has 1 N–H and O–H groups in total. The summed E-state index contributed by atoms with van der Waals surface area (Å²) in [5, 5.41) is 3.14. The second kappa shape index (κ2) is 4.38. The van der Waals surface area contributed by atoms with Crippen molar-refractivity contribution in [2.75, 3.05) is 7.05 Å². The van der Waals surface area contributed by atoms with Gasteiger partial charge in [-0.1, -0.05) is 18.2 Å². The summed E-state index contributed by atoms with van der Waals surface area (Å²) in [7, 11) is 1.94. The fourth-order valence-electron chi connectivity index (χ4n) is 2.63. The van der Waals surface area contributed by atoms with Crippen molar-refractivity contribution in [3.63, 3.8) is 0 Å². The van der Waals surface area contributed by atoms with Crippen LogP contribution in [0.5, 0.6) is 0 Å². The molecule has 2 heteroatoms. The average molecular weight is 227 g/mol. The van der Waals surface area contributed by atoms with Crippen LogP contribution in [0.1, 0.15) is 23.3 Å². The van der Waals surface area contributed by atoms with Gasteiger partial charge in [0.2, 0.25) is 0 Å². The van der Waals surface area contributed by atoms with Crippen LogP contribution in [0, 0.1) is 0 Å². The van der Waals surface area contributed by atoms with E-state index in [1.54, 1.807) is 6.26 Å². The summed E-state index contributed by atoms with van der Waals surface area (Å²) in [5.41, 5.74) is 5.53. The summed E-state index contributed by atoms with van der Waals surface area (Å²) >= 11 is 0. The molecule has 0 atom stereocenters. The van der Waals surface area contributed by atoms with Gasteiger partial charge in [0.1, 0.15) is 5.76 Å². The van der Waals surface area contributed by atoms with Gasteiger partial charge < -0.3 is 9.73 Å². The Labute approximate surface area is 102 Å². The molecule has 0 saturated heterocycles. The van der Waals surface area contributed by atoms with Gasteiger partial charge in [-0.15, -0.1) is 0 Å². The molecular weight excluding hydrogens is 210 g/mol. The average Bonchev–Trinajstić information content (AvgIpc) is 2.96. The second-order valence-electron chi connectivity index (χ2n) is 4.62. The highest BCUT2D eigenvalue weighted by Crippen LogP contribution is 2.30. The number of furan rings is 1. The van der Waals surface area contributed by atoms with Crippen LogP contribution in [0.4, 0.5) is 0 Å². The lowest BCUT2D eigenvalue weighted by atomic mass is 10.0. The summed E-state index contributed by atoms with van der Waals surface area (Å²) in [4.78, 5) is 0. The Balaban J connectivity index is 2.00. The van der Waals surface area contributed by atoms with Crippen molar-refractivity contribution in [1.29, 1.82) is 0 Å². The fourth-order valence-corrected chi connectivity index (χ4v) is 2.63. The monoisotopic (exact) mass is 227 g/mol. The van der Waals surface area contributed by atoms with Gasteiger partial charge in [0.25, 0.3) is 0 Å². The van der Waals surface area contributed by atoms with Crippen molar-refractivity contribution < 1.29 is 4.42 Å². The first-order chi connectivity index (χ1) is 8.38. The summed E-state index contributed by atoms with van der Waals surface area (Å²) in [5.74, 6) is 1.02. The molecule has 0 aliphatic heterocycles. The van der Waals surface area contributed by atoms with E-state index in [2.05, 4.69) is 29.6 Å². The lowest BCUT2D eigenvalue weighted by Crippen LogP contribution is -2.04. The smallest absolute Gasteiger partial charge is 0.125 e. The van der Waals surface area contributed by atoms with Crippen LogP contribution in [0.2, 0.25) is 0 Å². The van der Waals surface area contributed by atoms with Crippen LogP contribution < -0.4 is 5.32 Å². The molecule has 0 bridgehead atoms. The molecule has 0 fully saturated rings. The number of aryl methyl sites for hydroxylation is 2. The Morgan fingerprint density at radius 3 is 2.94 bits per heavy atom. The quantitative estimate of drug-likeness (QED) is 0.871. The van der Waals surface area contributed by atoms with Crippen molar-refractivity contribution >= 4 is 0 Å². The zero-order valence-electron chi connectivity index (χ0n) is 10.1. The minimum atomic E-state index is 0.777. The van der Waals surface area contributed by atoms with E-state index in [1.807, 2.05) is 7.05 Å². The topological polar surface area (TPSA) is 25.2 Å². The molecule has 0 radical (unpaired) electrons. The first-order valence-corrected chi connectivity index (χ1v) is 6.21. The number of hydrogen-bond donors (Lipinski definition) is 1.